The van der Waals surface area contributed by atoms with Crippen LogP contribution >= 0.6 is 0 Å². The minimum Gasteiger partial charge on any atom is -0.370 e. The van der Waals surface area contributed by atoms with Crippen LogP contribution in [0, 0.1) is 5.41 Å². The van der Waals surface area contributed by atoms with Crippen molar-refractivity contribution in [1.29, 1.82) is 0 Å². The molecule has 106 valence electrons. The van der Waals surface area contributed by atoms with Crippen LogP contribution in [-0.4, -0.2) is 23.1 Å². The molecule has 1 aliphatic carbocycles. The molecule has 4 nitrogen and oxygen atoms in total. The molecule has 0 aliphatic heterocycles. The minimum absolute atomic E-state index is 0.188. The van der Waals surface area contributed by atoms with Crippen molar-refractivity contribution < 1.29 is 13.2 Å². The van der Waals surface area contributed by atoms with E-state index in [4.69, 9.17) is 0 Å². The number of rotatable bonds is 5. The summed E-state index contributed by atoms with van der Waals surface area (Å²) in [6.45, 7) is 5.03. The monoisotopic (exact) mass is 274 g/mol. The van der Waals surface area contributed by atoms with Crippen LogP contribution in [0.1, 0.15) is 32.5 Å². The highest BCUT2D eigenvalue weighted by Crippen LogP contribution is 2.44. The van der Waals surface area contributed by atoms with Crippen molar-refractivity contribution in [2.45, 2.75) is 32.9 Å². The van der Waals surface area contributed by atoms with E-state index in [1.54, 1.807) is 6.92 Å². The predicted molar refractivity (Wildman–Crippen MR) is 67.0 cm³/mol. The second-order valence-corrected chi connectivity index (χ2v) is 5.15. The highest BCUT2D eigenvalue weighted by molar-refractivity contribution is 5.48. The van der Waals surface area contributed by atoms with Crippen LogP contribution in [0.2, 0.25) is 0 Å². The summed E-state index contributed by atoms with van der Waals surface area (Å²) in [5, 5.41) is 5.75. The third-order valence-electron chi connectivity index (χ3n) is 3.14. The fourth-order valence-corrected chi connectivity index (χ4v) is 1.63. The zero-order chi connectivity index (χ0) is 14.1. The van der Waals surface area contributed by atoms with E-state index in [1.807, 2.05) is 0 Å². The van der Waals surface area contributed by atoms with Gasteiger partial charge in [-0.3, -0.25) is 0 Å². The number of hydrogen-bond donors (Lipinski definition) is 2. The van der Waals surface area contributed by atoms with E-state index in [1.165, 1.54) is 6.07 Å². The van der Waals surface area contributed by atoms with Crippen LogP contribution in [0.5, 0.6) is 0 Å². The number of nitrogens with one attached hydrogen (secondary N) is 2. The van der Waals surface area contributed by atoms with Crippen LogP contribution in [-0.2, 0) is 6.18 Å². The number of alkyl halides is 3. The molecule has 1 aromatic heterocycles. The van der Waals surface area contributed by atoms with Gasteiger partial charge in [-0.25, -0.2) is 9.97 Å². The number of hydrogen-bond acceptors (Lipinski definition) is 4. The third kappa shape index (κ3) is 3.71. The van der Waals surface area contributed by atoms with Gasteiger partial charge in [0.25, 0.3) is 0 Å². The zero-order valence-electron chi connectivity index (χ0n) is 10.9. The maximum Gasteiger partial charge on any atom is 0.451 e. The molecular formula is C12H17F3N4. The molecule has 0 bridgehead atoms. The molecule has 0 saturated heterocycles. The molecule has 2 rings (SSSR count). The van der Waals surface area contributed by atoms with Gasteiger partial charge >= 0.3 is 6.18 Å². The summed E-state index contributed by atoms with van der Waals surface area (Å²) in [5.41, 5.74) is 0.196. The van der Waals surface area contributed by atoms with E-state index < -0.39 is 12.0 Å². The van der Waals surface area contributed by atoms with Crippen molar-refractivity contribution in [1.82, 2.24) is 9.97 Å². The Morgan fingerprint density at radius 2 is 1.79 bits per heavy atom. The van der Waals surface area contributed by atoms with Gasteiger partial charge in [0.15, 0.2) is 0 Å². The molecule has 1 heterocycles. The number of nitrogens with zero attached hydrogens (tertiary/aromatic N) is 2. The van der Waals surface area contributed by atoms with Crippen molar-refractivity contribution in [3.63, 3.8) is 0 Å². The maximum atomic E-state index is 12.7. The van der Waals surface area contributed by atoms with Crippen molar-refractivity contribution in [3.8, 4) is 0 Å². The predicted octanol–water partition coefficient (Wildman–Crippen LogP) is 3.14. The first kappa shape index (κ1) is 13.9. The lowest BCUT2D eigenvalue weighted by atomic mass is 10.1. The molecule has 0 amide bonds. The summed E-state index contributed by atoms with van der Waals surface area (Å²) < 4.78 is 38.1. The van der Waals surface area contributed by atoms with Gasteiger partial charge in [0.05, 0.1) is 0 Å². The summed E-state index contributed by atoms with van der Waals surface area (Å²) in [6, 6.07) is 1.50. The number of aromatic nitrogens is 2. The normalized spacial score (nSPS) is 17.1. The first-order valence-electron chi connectivity index (χ1n) is 6.26. The van der Waals surface area contributed by atoms with E-state index in [9.17, 15) is 13.2 Å². The van der Waals surface area contributed by atoms with Crippen molar-refractivity contribution in [2.24, 2.45) is 5.41 Å². The van der Waals surface area contributed by atoms with E-state index in [0.717, 1.165) is 12.8 Å². The molecular weight excluding hydrogens is 257 g/mol. The second-order valence-electron chi connectivity index (χ2n) is 5.15. The molecule has 1 aliphatic rings. The zero-order valence-corrected chi connectivity index (χ0v) is 10.9. The Morgan fingerprint density at radius 1 is 1.21 bits per heavy atom. The minimum atomic E-state index is -4.54. The molecule has 1 aromatic rings. The van der Waals surface area contributed by atoms with E-state index in [-0.39, 0.29) is 17.1 Å². The molecule has 2 N–H and O–H groups in total. The van der Waals surface area contributed by atoms with Crippen LogP contribution in [0.3, 0.4) is 0 Å². The highest BCUT2D eigenvalue weighted by atomic mass is 19.4. The average Bonchev–Trinajstić information content (AvgIpc) is 3.05. The summed E-state index contributed by atoms with van der Waals surface area (Å²) >= 11 is 0. The van der Waals surface area contributed by atoms with Gasteiger partial charge in [0, 0.05) is 19.2 Å². The molecule has 0 spiro atoms. The molecule has 1 fully saturated rings. The molecule has 0 radical (unpaired) electrons. The van der Waals surface area contributed by atoms with Gasteiger partial charge in [0.2, 0.25) is 5.82 Å². The topological polar surface area (TPSA) is 49.8 Å². The van der Waals surface area contributed by atoms with Gasteiger partial charge in [-0.05, 0) is 25.2 Å². The molecule has 19 heavy (non-hydrogen) atoms. The Bertz CT molecular complexity index is 455. The van der Waals surface area contributed by atoms with Gasteiger partial charge in [-0.1, -0.05) is 6.92 Å². The maximum absolute atomic E-state index is 12.7. The molecule has 0 atom stereocenters. The fourth-order valence-electron chi connectivity index (χ4n) is 1.63. The first-order chi connectivity index (χ1) is 8.82. The standard InChI is InChI=1S/C12H17F3N4/c1-3-16-8-6-9(17-7-11(2)4-5-11)19-10(18-8)12(13,14)15/h6H,3-5,7H2,1-2H3,(H2,16,17,18,19). The van der Waals surface area contributed by atoms with Crippen LogP contribution in [0.15, 0.2) is 6.07 Å². The number of anilines is 2. The highest BCUT2D eigenvalue weighted by Gasteiger charge is 2.38. The second kappa shape index (κ2) is 4.86. The van der Waals surface area contributed by atoms with E-state index in [0.29, 0.717) is 13.1 Å². The summed E-state index contributed by atoms with van der Waals surface area (Å²) in [5.74, 6) is -0.714. The van der Waals surface area contributed by atoms with Crippen molar-refractivity contribution in [2.75, 3.05) is 23.7 Å². The SMILES string of the molecule is CCNc1cc(NCC2(C)CC2)nc(C(F)(F)F)n1. The van der Waals surface area contributed by atoms with Crippen molar-refractivity contribution in [3.05, 3.63) is 11.9 Å². The Balaban J connectivity index is 2.18. The van der Waals surface area contributed by atoms with Crippen molar-refractivity contribution >= 4 is 11.6 Å². The summed E-state index contributed by atoms with van der Waals surface area (Å²) in [7, 11) is 0. The van der Waals surface area contributed by atoms with Crippen LogP contribution in [0.4, 0.5) is 24.8 Å². The largest absolute Gasteiger partial charge is 0.451 e. The van der Waals surface area contributed by atoms with Crippen LogP contribution < -0.4 is 10.6 Å². The Hall–Kier alpha value is -1.53. The Kier molecular flexibility index (Phi) is 3.56. The van der Waals surface area contributed by atoms with Gasteiger partial charge in [0.1, 0.15) is 11.6 Å². The molecule has 1 saturated carbocycles. The summed E-state index contributed by atoms with van der Waals surface area (Å²) in [6.07, 6.45) is -2.35. The fraction of sp³-hybridized carbons (Fsp3) is 0.667. The first-order valence-corrected chi connectivity index (χ1v) is 6.26. The Morgan fingerprint density at radius 3 is 2.26 bits per heavy atom. The smallest absolute Gasteiger partial charge is 0.370 e. The molecule has 7 heteroatoms. The third-order valence-corrected chi connectivity index (χ3v) is 3.14. The van der Waals surface area contributed by atoms with E-state index >= 15 is 0 Å². The molecule has 0 aromatic carbocycles. The van der Waals surface area contributed by atoms with Gasteiger partial charge < -0.3 is 10.6 Å². The Labute approximate surface area is 109 Å². The number of halogens is 3. The van der Waals surface area contributed by atoms with Gasteiger partial charge in [-0.15, -0.1) is 0 Å². The quantitative estimate of drug-likeness (QED) is 0.866. The molecule has 0 unspecified atom stereocenters. The van der Waals surface area contributed by atoms with Gasteiger partial charge in [-0.2, -0.15) is 13.2 Å². The lowest BCUT2D eigenvalue weighted by Gasteiger charge is -2.14. The lowest BCUT2D eigenvalue weighted by molar-refractivity contribution is -0.144. The summed E-state index contributed by atoms with van der Waals surface area (Å²) in [4.78, 5) is 7.00. The van der Waals surface area contributed by atoms with Crippen LogP contribution in [0.25, 0.3) is 0 Å². The van der Waals surface area contributed by atoms with E-state index in [2.05, 4.69) is 27.5 Å². The lowest BCUT2D eigenvalue weighted by Crippen LogP contribution is -2.17. The average molecular weight is 274 g/mol.